The van der Waals surface area contributed by atoms with Crippen LogP contribution in [0.4, 0.5) is 4.39 Å². The summed E-state index contributed by atoms with van der Waals surface area (Å²) in [5, 5.41) is 9.45. The fourth-order valence-corrected chi connectivity index (χ4v) is 2.61. The zero-order valence-electron chi connectivity index (χ0n) is 9.55. The lowest BCUT2D eigenvalue weighted by atomic mass is 10.2. The highest BCUT2D eigenvalue weighted by Crippen LogP contribution is 2.31. The molecule has 0 aliphatic carbocycles. The molecule has 0 radical (unpaired) electrons. The molecular formula is C12H11FN2O2S. The van der Waals surface area contributed by atoms with E-state index < -0.39 is 12.0 Å². The van der Waals surface area contributed by atoms with Crippen LogP contribution < -0.4 is 5.73 Å². The summed E-state index contributed by atoms with van der Waals surface area (Å²) in [7, 11) is 0. The summed E-state index contributed by atoms with van der Waals surface area (Å²) in [6, 6.07) is 4.91. The Balaban J connectivity index is 2.43. The fraction of sp³-hybridized carbons (Fsp3) is 0.167. The number of carboxylic acids is 1. The van der Waals surface area contributed by atoms with Gasteiger partial charge in [-0.2, -0.15) is 0 Å². The third kappa shape index (κ3) is 2.39. The Morgan fingerprint density at radius 1 is 1.56 bits per heavy atom. The summed E-state index contributed by atoms with van der Waals surface area (Å²) in [6.45, 7) is 1.69. The molecule has 0 fully saturated rings. The van der Waals surface area contributed by atoms with Crippen molar-refractivity contribution in [2.24, 2.45) is 5.73 Å². The van der Waals surface area contributed by atoms with Crippen molar-refractivity contribution in [2.75, 3.05) is 0 Å². The van der Waals surface area contributed by atoms with Gasteiger partial charge in [-0.25, -0.2) is 9.37 Å². The van der Waals surface area contributed by atoms with Crippen molar-refractivity contribution in [3.63, 3.8) is 0 Å². The molecule has 0 bridgehead atoms. The fourth-order valence-electron chi connectivity index (χ4n) is 1.55. The Morgan fingerprint density at radius 2 is 2.28 bits per heavy atom. The van der Waals surface area contributed by atoms with Crippen LogP contribution in [0.15, 0.2) is 24.3 Å². The quantitative estimate of drug-likeness (QED) is 0.894. The normalized spacial score (nSPS) is 12.4. The first-order valence-electron chi connectivity index (χ1n) is 5.20. The lowest BCUT2D eigenvalue weighted by molar-refractivity contribution is -0.138. The van der Waals surface area contributed by atoms with E-state index in [1.54, 1.807) is 19.1 Å². The zero-order valence-corrected chi connectivity index (χ0v) is 10.4. The van der Waals surface area contributed by atoms with E-state index in [9.17, 15) is 9.18 Å². The van der Waals surface area contributed by atoms with Crippen molar-refractivity contribution in [3.8, 4) is 10.6 Å². The Hall–Kier alpha value is -1.79. The van der Waals surface area contributed by atoms with Crippen LogP contribution in [0.3, 0.4) is 0 Å². The number of thiazole rings is 1. The van der Waals surface area contributed by atoms with Crippen molar-refractivity contribution in [2.45, 2.75) is 13.0 Å². The van der Waals surface area contributed by atoms with Gasteiger partial charge in [-0.1, -0.05) is 12.1 Å². The molecule has 2 aromatic rings. The molecule has 1 unspecified atom stereocenters. The van der Waals surface area contributed by atoms with Crippen molar-refractivity contribution < 1.29 is 14.3 Å². The molecule has 0 aliphatic heterocycles. The van der Waals surface area contributed by atoms with Crippen LogP contribution in [0, 0.1) is 12.7 Å². The predicted octanol–water partition coefficient (Wildman–Crippen LogP) is 2.34. The number of aryl methyl sites for hydroxylation is 1. The van der Waals surface area contributed by atoms with E-state index in [1.165, 1.54) is 23.5 Å². The van der Waals surface area contributed by atoms with Crippen molar-refractivity contribution in [3.05, 3.63) is 40.7 Å². The highest BCUT2D eigenvalue weighted by Gasteiger charge is 2.21. The molecule has 6 heteroatoms. The van der Waals surface area contributed by atoms with Gasteiger partial charge in [0.05, 0.1) is 10.6 Å². The molecule has 0 spiro atoms. The second kappa shape index (κ2) is 4.83. The number of rotatable bonds is 3. The monoisotopic (exact) mass is 266 g/mol. The molecule has 4 nitrogen and oxygen atoms in total. The molecule has 18 heavy (non-hydrogen) atoms. The van der Waals surface area contributed by atoms with Crippen LogP contribution >= 0.6 is 11.3 Å². The molecule has 94 valence electrons. The van der Waals surface area contributed by atoms with Gasteiger partial charge in [-0.3, -0.25) is 4.79 Å². The van der Waals surface area contributed by atoms with Crippen LogP contribution in [0.2, 0.25) is 0 Å². The highest BCUT2D eigenvalue weighted by molar-refractivity contribution is 7.15. The number of aromatic nitrogens is 1. The summed E-state index contributed by atoms with van der Waals surface area (Å²) in [5.74, 6) is -1.46. The van der Waals surface area contributed by atoms with Gasteiger partial charge in [0.25, 0.3) is 0 Å². The molecule has 1 aromatic heterocycles. The zero-order chi connectivity index (χ0) is 13.3. The topological polar surface area (TPSA) is 76.2 Å². The Labute approximate surface area is 107 Å². The van der Waals surface area contributed by atoms with Gasteiger partial charge < -0.3 is 10.8 Å². The summed E-state index contributed by atoms with van der Waals surface area (Å²) in [5.41, 5.74) is 6.74. The number of halogens is 1. The smallest absolute Gasteiger partial charge is 0.326 e. The average molecular weight is 266 g/mol. The van der Waals surface area contributed by atoms with E-state index in [0.717, 1.165) is 0 Å². The number of carboxylic acid groups (broad SMARTS) is 1. The third-order valence-electron chi connectivity index (χ3n) is 2.45. The molecule has 3 N–H and O–H groups in total. The summed E-state index contributed by atoms with van der Waals surface area (Å²) in [6.07, 6.45) is 0. The average Bonchev–Trinajstić information content (AvgIpc) is 2.70. The lowest BCUT2D eigenvalue weighted by Crippen LogP contribution is -2.20. The number of hydrogen-bond donors (Lipinski definition) is 2. The minimum absolute atomic E-state index is 0.357. The largest absolute Gasteiger partial charge is 0.480 e. The van der Waals surface area contributed by atoms with E-state index in [1.807, 2.05) is 0 Å². The van der Waals surface area contributed by atoms with Crippen LogP contribution in [-0.4, -0.2) is 16.1 Å². The molecule has 0 saturated heterocycles. The Bertz CT molecular complexity index is 598. The van der Waals surface area contributed by atoms with Crippen molar-refractivity contribution in [1.29, 1.82) is 0 Å². The van der Waals surface area contributed by atoms with E-state index in [-0.39, 0.29) is 5.82 Å². The molecule has 0 aliphatic rings. The molecular weight excluding hydrogens is 255 g/mol. The maximum atomic E-state index is 13.1. The summed E-state index contributed by atoms with van der Waals surface area (Å²) >= 11 is 1.17. The SMILES string of the molecule is Cc1nc(-c2cccc(F)c2)sc1C(N)C(=O)O. The van der Waals surface area contributed by atoms with E-state index in [2.05, 4.69) is 4.98 Å². The van der Waals surface area contributed by atoms with Crippen LogP contribution in [0.5, 0.6) is 0 Å². The summed E-state index contributed by atoms with van der Waals surface area (Å²) < 4.78 is 13.1. The first kappa shape index (κ1) is 12.7. The first-order valence-corrected chi connectivity index (χ1v) is 6.02. The Morgan fingerprint density at radius 3 is 2.89 bits per heavy atom. The number of carbonyl (C=O) groups is 1. The van der Waals surface area contributed by atoms with Crippen LogP contribution in [0.25, 0.3) is 10.6 Å². The minimum Gasteiger partial charge on any atom is -0.480 e. The second-order valence-electron chi connectivity index (χ2n) is 3.79. The number of nitrogens with zero attached hydrogens (tertiary/aromatic N) is 1. The van der Waals surface area contributed by atoms with Gasteiger partial charge in [0.15, 0.2) is 0 Å². The van der Waals surface area contributed by atoms with Gasteiger partial charge in [-0.05, 0) is 19.1 Å². The minimum atomic E-state index is -1.10. The Kier molecular flexibility index (Phi) is 3.40. The van der Waals surface area contributed by atoms with Gasteiger partial charge in [0.1, 0.15) is 16.9 Å². The maximum absolute atomic E-state index is 13.1. The number of benzene rings is 1. The molecule has 1 heterocycles. The first-order chi connectivity index (χ1) is 8.49. The van der Waals surface area contributed by atoms with Crippen LogP contribution in [0.1, 0.15) is 16.6 Å². The van der Waals surface area contributed by atoms with Gasteiger partial charge in [0, 0.05) is 5.56 Å². The van der Waals surface area contributed by atoms with Gasteiger partial charge in [-0.15, -0.1) is 11.3 Å². The number of hydrogen-bond acceptors (Lipinski definition) is 4. The molecule has 2 rings (SSSR count). The van der Waals surface area contributed by atoms with E-state index >= 15 is 0 Å². The summed E-state index contributed by atoms with van der Waals surface area (Å²) in [4.78, 5) is 15.6. The molecule has 1 aromatic carbocycles. The van der Waals surface area contributed by atoms with Crippen molar-refractivity contribution in [1.82, 2.24) is 4.98 Å². The van der Waals surface area contributed by atoms with E-state index in [0.29, 0.717) is 21.1 Å². The van der Waals surface area contributed by atoms with Crippen molar-refractivity contribution >= 4 is 17.3 Å². The van der Waals surface area contributed by atoms with Crippen LogP contribution in [-0.2, 0) is 4.79 Å². The second-order valence-corrected chi connectivity index (χ2v) is 4.83. The standard InChI is InChI=1S/C12H11FN2O2S/c1-6-10(9(14)12(16)17)18-11(15-6)7-3-2-4-8(13)5-7/h2-5,9H,14H2,1H3,(H,16,17). The predicted molar refractivity (Wildman–Crippen MR) is 66.8 cm³/mol. The molecule has 0 amide bonds. The third-order valence-corrected chi connectivity index (χ3v) is 3.74. The van der Waals surface area contributed by atoms with Gasteiger partial charge >= 0.3 is 5.97 Å². The maximum Gasteiger partial charge on any atom is 0.326 e. The molecule has 1 atom stereocenters. The highest BCUT2D eigenvalue weighted by atomic mass is 32.1. The lowest BCUT2D eigenvalue weighted by Gasteiger charge is -2.02. The molecule has 0 saturated carbocycles. The van der Waals surface area contributed by atoms with Gasteiger partial charge in [0.2, 0.25) is 0 Å². The van der Waals surface area contributed by atoms with E-state index in [4.69, 9.17) is 10.8 Å². The number of nitrogens with two attached hydrogens (primary N) is 1. The number of aliphatic carboxylic acids is 1.